The van der Waals surface area contributed by atoms with Crippen LogP contribution in [0.1, 0.15) is 16.1 Å². The minimum atomic E-state index is -0.296. The van der Waals surface area contributed by atoms with Gasteiger partial charge in [-0.05, 0) is 18.6 Å². The van der Waals surface area contributed by atoms with Crippen LogP contribution in [0.5, 0.6) is 0 Å². The molecule has 1 aromatic heterocycles. The second-order valence-electron chi connectivity index (χ2n) is 4.04. The van der Waals surface area contributed by atoms with Gasteiger partial charge < -0.3 is 9.88 Å². The monoisotopic (exact) mass is 220 g/mol. The van der Waals surface area contributed by atoms with Crippen LogP contribution in [-0.4, -0.2) is 29.9 Å². The van der Waals surface area contributed by atoms with Gasteiger partial charge in [-0.15, -0.1) is 0 Å². The van der Waals surface area contributed by atoms with E-state index in [-0.39, 0.29) is 11.7 Å². The maximum atomic E-state index is 13.7. The summed E-state index contributed by atoms with van der Waals surface area (Å²) in [5.74, 6) is -0.455. The van der Waals surface area contributed by atoms with Gasteiger partial charge in [0.2, 0.25) is 0 Å². The topological polar surface area (TPSA) is 36.1 Å². The van der Waals surface area contributed by atoms with Crippen LogP contribution in [0.25, 0.3) is 10.9 Å². The summed E-state index contributed by atoms with van der Waals surface area (Å²) in [7, 11) is 3.32. The van der Waals surface area contributed by atoms with Gasteiger partial charge in [0.25, 0.3) is 5.91 Å². The lowest BCUT2D eigenvalue weighted by molar-refractivity contribution is 0.0823. The number of nitrogens with zero attached hydrogens (tertiary/aromatic N) is 1. The lowest BCUT2D eigenvalue weighted by atomic mass is 10.2. The number of carbonyl (C=O) groups is 1. The molecule has 0 aliphatic carbocycles. The number of amides is 1. The molecule has 0 radical (unpaired) electrons. The number of carbonyl (C=O) groups excluding carboxylic acids is 1. The fourth-order valence-corrected chi connectivity index (χ4v) is 1.62. The molecular weight excluding hydrogens is 207 g/mol. The number of halogens is 1. The summed E-state index contributed by atoms with van der Waals surface area (Å²) in [6, 6.07) is 5.17. The van der Waals surface area contributed by atoms with Crippen molar-refractivity contribution >= 4 is 16.8 Å². The number of fused-ring (bicyclic) bond motifs is 1. The third-order valence-electron chi connectivity index (χ3n) is 2.56. The molecule has 2 aromatic rings. The summed E-state index contributed by atoms with van der Waals surface area (Å²) in [5, 5.41) is 0.716. The molecule has 84 valence electrons. The molecule has 1 N–H and O–H groups in total. The first-order valence-electron chi connectivity index (χ1n) is 5.00. The number of nitrogens with one attached hydrogen (secondary N) is 1. The van der Waals surface area contributed by atoms with E-state index in [1.807, 2.05) is 0 Å². The van der Waals surface area contributed by atoms with Crippen molar-refractivity contribution in [1.82, 2.24) is 9.88 Å². The highest BCUT2D eigenvalue weighted by Crippen LogP contribution is 2.21. The van der Waals surface area contributed by atoms with Crippen LogP contribution in [0.4, 0.5) is 4.39 Å². The zero-order valence-electron chi connectivity index (χ0n) is 9.47. The quantitative estimate of drug-likeness (QED) is 0.786. The average molecular weight is 220 g/mol. The number of aryl methyl sites for hydroxylation is 1. The van der Waals surface area contributed by atoms with Gasteiger partial charge in [-0.2, -0.15) is 0 Å². The molecule has 4 heteroatoms. The Hall–Kier alpha value is -1.84. The average Bonchev–Trinajstić information content (AvgIpc) is 2.67. The number of aromatic nitrogens is 1. The number of H-pyrrole nitrogens is 1. The Labute approximate surface area is 92.9 Å². The minimum absolute atomic E-state index is 0.159. The van der Waals surface area contributed by atoms with Crippen molar-refractivity contribution in [2.45, 2.75) is 6.92 Å². The normalized spacial score (nSPS) is 10.8. The fraction of sp³-hybridized carbons (Fsp3) is 0.250. The Morgan fingerprint density at radius 1 is 1.38 bits per heavy atom. The molecule has 0 aliphatic heterocycles. The third-order valence-corrected chi connectivity index (χ3v) is 2.56. The highest BCUT2D eigenvalue weighted by atomic mass is 19.1. The molecule has 0 saturated carbocycles. The van der Waals surface area contributed by atoms with Crippen LogP contribution in [-0.2, 0) is 0 Å². The zero-order chi connectivity index (χ0) is 11.9. The Bertz CT molecular complexity index is 557. The van der Waals surface area contributed by atoms with Gasteiger partial charge in [0, 0.05) is 19.5 Å². The number of aromatic amines is 1. The van der Waals surface area contributed by atoms with Crippen LogP contribution >= 0.6 is 0 Å². The zero-order valence-corrected chi connectivity index (χ0v) is 9.47. The van der Waals surface area contributed by atoms with Gasteiger partial charge in [0.1, 0.15) is 11.5 Å². The number of rotatable bonds is 1. The van der Waals surface area contributed by atoms with Crippen molar-refractivity contribution in [3.63, 3.8) is 0 Å². The lowest BCUT2D eigenvalue weighted by Gasteiger charge is -2.07. The molecule has 0 atom stereocenters. The number of benzene rings is 1. The Morgan fingerprint density at radius 3 is 2.69 bits per heavy atom. The van der Waals surface area contributed by atoms with Crippen molar-refractivity contribution in [3.8, 4) is 0 Å². The molecule has 16 heavy (non-hydrogen) atoms. The first kappa shape index (κ1) is 10.7. The Kier molecular flexibility index (Phi) is 2.42. The Morgan fingerprint density at radius 2 is 2.06 bits per heavy atom. The fourth-order valence-electron chi connectivity index (χ4n) is 1.62. The van der Waals surface area contributed by atoms with Crippen molar-refractivity contribution in [2.24, 2.45) is 0 Å². The van der Waals surface area contributed by atoms with Gasteiger partial charge in [0.05, 0.1) is 5.52 Å². The van der Waals surface area contributed by atoms with E-state index < -0.39 is 0 Å². The summed E-state index contributed by atoms with van der Waals surface area (Å²) in [4.78, 5) is 16.0. The molecule has 0 aliphatic rings. The second-order valence-corrected chi connectivity index (χ2v) is 4.04. The molecule has 0 spiro atoms. The first-order valence-corrected chi connectivity index (χ1v) is 5.00. The summed E-state index contributed by atoms with van der Waals surface area (Å²) in [6.07, 6.45) is 0. The van der Waals surface area contributed by atoms with E-state index in [0.717, 1.165) is 0 Å². The molecule has 0 bridgehead atoms. The van der Waals surface area contributed by atoms with Crippen LogP contribution in [0, 0.1) is 12.7 Å². The summed E-state index contributed by atoms with van der Waals surface area (Å²) in [5.41, 5.74) is 1.37. The first-order chi connectivity index (χ1) is 7.50. The van der Waals surface area contributed by atoms with Crippen LogP contribution in [0.3, 0.4) is 0 Å². The van der Waals surface area contributed by atoms with Crippen molar-refractivity contribution in [1.29, 1.82) is 0 Å². The highest BCUT2D eigenvalue weighted by Gasteiger charge is 2.13. The lowest BCUT2D eigenvalue weighted by Crippen LogP contribution is -2.21. The SMILES string of the molecule is Cc1ccc2cc(C(=O)N(C)C)[nH]c2c1F. The summed E-state index contributed by atoms with van der Waals surface area (Å²) in [6.45, 7) is 1.70. The van der Waals surface area contributed by atoms with Crippen molar-refractivity contribution in [3.05, 3.63) is 35.3 Å². The largest absolute Gasteiger partial charge is 0.348 e. The predicted octanol–water partition coefficient (Wildman–Crippen LogP) is 2.32. The van der Waals surface area contributed by atoms with Gasteiger partial charge in [-0.3, -0.25) is 4.79 Å². The molecular formula is C12H13FN2O. The molecule has 0 fully saturated rings. The Balaban J connectivity index is 2.61. The van der Waals surface area contributed by atoms with Crippen LogP contribution in [0.15, 0.2) is 18.2 Å². The van der Waals surface area contributed by atoms with E-state index in [2.05, 4.69) is 4.98 Å². The number of hydrogen-bond donors (Lipinski definition) is 1. The van der Waals surface area contributed by atoms with Crippen LogP contribution < -0.4 is 0 Å². The number of hydrogen-bond acceptors (Lipinski definition) is 1. The third kappa shape index (κ3) is 1.56. The summed E-state index contributed by atoms with van der Waals surface area (Å²) < 4.78 is 13.7. The molecule has 1 amide bonds. The smallest absolute Gasteiger partial charge is 0.269 e. The van der Waals surface area contributed by atoms with Crippen molar-refractivity contribution < 1.29 is 9.18 Å². The maximum Gasteiger partial charge on any atom is 0.269 e. The maximum absolute atomic E-state index is 13.7. The molecule has 1 heterocycles. The van der Waals surface area contributed by atoms with Gasteiger partial charge in [-0.25, -0.2) is 4.39 Å². The van der Waals surface area contributed by atoms with E-state index in [1.165, 1.54) is 4.90 Å². The van der Waals surface area contributed by atoms with E-state index in [0.29, 0.717) is 22.2 Å². The molecule has 3 nitrogen and oxygen atoms in total. The molecule has 0 unspecified atom stereocenters. The standard InChI is InChI=1S/C12H13FN2O/c1-7-4-5-8-6-9(12(16)15(2)3)14-11(8)10(7)13/h4-6,14H,1-3H3. The summed E-state index contributed by atoms with van der Waals surface area (Å²) >= 11 is 0. The molecule has 2 rings (SSSR count). The van der Waals surface area contributed by atoms with Crippen LogP contribution in [0.2, 0.25) is 0 Å². The van der Waals surface area contributed by atoms with Gasteiger partial charge >= 0.3 is 0 Å². The molecule has 0 saturated heterocycles. The molecule has 1 aromatic carbocycles. The second kappa shape index (κ2) is 3.63. The van der Waals surface area contributed by atoms with E-state index in [9.17, 15) is 9.18 Å². The van der Waals surface area contributed by atoms with Crippen molar-refractivity contribution in [2.75, 3.05) is 14.1 Å². The van der Waals surface area contributed by atoms with E-state index >= 15 is 0 Å². The van der Waals surface area contributed by atoms with Gasteiger partial charge in [0.15, 0.2) is 0 Å². The minimum Gasteiger partial charge on any atom is -0.348 e. The van der Waals surface area contributed by atoms with E-state index in [4.69, 9.17) is 0 Å². The predicted molar refractivity (Wildman–Crippen MR) is 61.0 cm³/mol. The highest BCUT2D eigenvalue weighted by molar-refractivity contribution is 5.98. The van der Waals surface area contributed by atoms with E-state index in [1.54, 1.807) is 39.2 Å². The van der Waals surface area contributed by atoms with Gasteiger partial charge in [-0.1, -0.05) is 12.1 Å².